The predicted molar refractivity (Wildman–Crippen MR) is 50.1 cm³/mol. The van der Waals surface area contributed by atoms with E-state index in [4.69, 9.17) is 5.11 Å². The second-order valence-corrected chi connectivity index (χ2v) is 4.10. The summed E-state index contributed by atoms with van der Waals surface area (Å²) >= 11 is 1.95. The molecule has 1 heterocycles. The van der Waals surface area contributed by atoms with Crippen LogP contribution in [-0.4, -0.2) is 35.8 Å². The van der Waals surface area contributed by atoms with Gasteiger partial charge in [0.05, 0.1) is 0 Å². The number of hydrogen-bond acceptors (Lipinski definition) is 3. The summed E-state index contributed by atoms with van der Waals surface area (Å²) in [6, 6.07) is 0.749. The maximum absolute atomic E-state index is 8.53. The molecular formula is C8H17NOS. The van der Waals surface area contributed by atoms with Gasteiger partial charge in [0.1, 0.15) is 0 Å². The lowest BCUT2D eigenvalue weighted by atomic mass is 10.3. The molecule has 0 saturated carbocycles. The van der Waals surface area contributed by atoms with Gasteiger partial charge in [-0.2, -0.15) is 11.8 Å². The van der Waals surface area contributed by atoms with Crippen molar-refractivity contribution >= 4 is 11.8 Å². The van der Waals surface area contributed by atoms with Crippen LogP contribution < -0.4 is 5.32 Å². The van der Waals surface area contributed by atoms with Crippen LogP contribution in [0.15, 0.2) is 0 Å². The van der Waals surface area contributed by atoms with Gasteiger partial charge in [-0.05, 0) is 31.6 Å². The van der Waals surface area contributed by atoms with E-state index in [0.29, 0.717) is 6.61 Å². The van der Waals surface area contributed by atoms with Crippen molar-refractivity contribution in [1.82, 2.24) is 5.32 Å². The molecule has 0 aromatic heterocycles. The van der Waals surface area contributed by atoms with Crippen molar-refractivity contribution in [2.45, 2.75) is 25.3 Å². The van der Waals surface area contributed by atoms with Crippen molar-refractivity contribution in [2.24, 2.45) is 0 Å². The summed E-state index contributed by atoms with van der Waals surface area (Å²) in [5.74, 6) is 2.33. The van der Waals surface area contributed by atoms with Gasteiger partial charge in [0.2, 0.25) is 0 Å². The standard InChI is InChI=1S/C8H17NOS/c10-5-2-6-11-7-8-3-1-4-9-8/h8-10H,1-7H2/t8-/m1/s1. The van der Waals surface area contributed by atoms with Gasteiger partial charge in [-0.3, -0.25) is 0 Å². The van der Waals surface area contributed by atoms with E-state index in [0.717, 1.165) is 18.2 Å². The summed E-state index contributed by atoms with van der Waals surface area (Å²) in [6.07, 6.45) is 3.62. The number of aliphatic hydroxyl groups excluding tert-OH is 1. The van der Waals surface area contributed by atoms with E-state index in [1.165, 1.54) is 25.1 Å². The van der Waals surface area contributed by atoms with Gasteiger partial charge in [-0.15, -0.1) is 0 Å². The SMILES string of the molecule is OCCCSC[C@H]1CCCN1. The summed E-state index contributed by atoms with van der Waals surface area (Å²) in [6.45, 7) is 1.54. The molecule has 1 rings (SSSR count). The molecule has 0 aliphatic carbocycles. The molecule has 1 fully saturated rings. The Balaban J connectivity index is 1.86. The highest BCUT2D eigenvalue weighted by atomic mass is 32.2. The van der Waals surface area contributed by atoms with Gasteiger partial charge >= 0.3 is 0 Å². The van der Waals surface area contributed by atoms with Crippen LogP contribution in [0, 0.1) is 0 Å². The first kappa shape index (κ1) is 9.36. The Bertz CT molecular complexity index is 94.1. The normalized spacial score (nSPS) is 24.3. The lowest BCUT2D eigenvalue weighted by Crippen LogP contribution is -2.23. The molecule has 0 spiro atoms. The fourth-order valence-electron chi connectivity index (χ4n) is 1.29. The zero-order valence-electron chi connectivity index (χ0n) is 6.88. The molecule has 3 heteroatoms. The predicted octanol–water partition coefficient (Wildman–Crippen LogP) is 0.854. The first-order valence-electron chi connectivity index (χ1n) is 4.35. The van der Waals surface area contributed by atoms with Gasteiger partial charge in [-0.25, -0.2) is 0 Å². The van der Waals surface area contributed by atoms with Gasteiger partial charge in [0, 0.05) is 18.4 Å². The first-order valence-corrected chi connectivity index (χ1v) is 5.51. The molecule has 1 atom stereocenters. The number of rotatable bonds is 5. The zero-order chi connectivity index (χ0) is 7.94. The third kappa shape index (κ3) is 3.99. The Morgan fingerprint density at radius 3 is 3.09 bits per heavy atom. The Morgan fingerprint density at radius 1 is 1.55 bits per heavy atom. The average Bonchev–Trinajstić information content (AvgIpc) is 2.50. The van der Waals surface area contributed by atoms with Crippen LogP contribution >= 0.6 is 11.8 Å². The number of aliphatic hydroxyl groups is 1. The summed E-state index contributed by atoms with van der Waals surface area (Å²) in [5.41, 5.74) is 0. The summed E-state index contributed by atoms with van der Waals surface area (Å²) < 4.78 is 0. The van der Waals surface area contributed by atoms with E-state index in [9.17, 15) is 0 Å². The quantitative estimate of drug-likeness (QED) is 0.608. The number of nitrogens with one attached hydrogen (secondary N) is 1. The number of thioether (sulfide) groups is 1. The van der Waals surface area contributed by atoms with Crippen molar-refractivity contribution in [3.8, 4) is 0 Å². The summed E-state index contributed by atoms with van der Waals surface area (Å²) in [5, 5.41) is 12.0. The molecule has 1 aliphatic heterocycles. The van der Waals surface area contributed by atoms with E-state index < -0.39 is 0 Å². The minimum absolute atomic E-state index is 0.338. The molecule has 0 aromatic carbocycles. The molecule has 2 N–H and O–H groups in total. The maximum Gasteiger partial charge on any atom is 0.0438 e. The average molecular weight is 175 g/mol. The Labute approximate surface area is 72.8 Å². The lowest BCUT2D eigenvalue weighted by molar-refractivity contribution is 0.296. The zero-order valence-corrected chi connectivity index (χ0v) is 7.70. The van der Waals surface area contributed by atoms with Crippen LogP contribution in [0.25, 0.3) is 0 Å². The molecule has 1 saturated heterocycles. The van der Waals surface area contributed by atoms with Gasteiger partial charge in [-0.1, -0.05) is 0 Å². The monoisotopic (exact) mass is 175 g/mol. The summed E-state index contributed by atoms with van der Waals surface area (Å²) in [4.78, 5) is 0. The second-order valence-electron chi connectivity index (χ2n) is 2.95. The highest BCUT2D eigenvalue weighted by molar-refractivity contribution is 7.99. The first-order chi connectivity index (χ1) is 5.43. The minimum atomic E-state index is 0.338. The topological polar surface area (TPSA) is 32.3 Å². The van der Waals surface area contributed by atoms with Crippen LogP contribution in [0.1, 0.15) is 19.3 Å². The highest BCUT2D eigenvalue weighted by Crippen LogP contribution is 2.12. The number of hydrogen-bond donors (Lipinski definition) is 2. The molecule has 2 nitrogen and oxygen atoms in total. The van der Waals surface area contributed by atoms with Crippen molar-refractivity contribution in [3.05, 3.63) is 0 Å². The molecule has 0 bridgehead atoms. The van der Waals surface area contributed by atoms with Crippen LogP contribution in [-0.2, 0) is 0 Å². The van der Waals surface area contributed by atoms with E-state index in [2.05, 4.69) is 5.32 Å². The van der Waals surface area contributed by atoms with Gasteiger partial charge in [0.25, 0.3) is 0 Å². The fourth-order valence-corrected chi connectivity index (χ4v) is 2.36. The van der Waals surface area contributed by atoms with Gasteiger partial charge < -0.3 is 10.4 Å². The largest absolute Gasteiger partial charge is 0.396 e. The second kappa shape index (κ2) is 5.86. The van der Waals surface area contributed by atoms with Crippen LogP contribution in [0.4, 0.5) is 0 Å². The highest BCUT2D eigenvalue weighted by Gasteiger charge is 2.12. The maximum atomic E-state index is 8.53. The Kier molecular flexibility index (Phi) is 4.99. The van der Waals surface area contributed by atoms with Crippen molar-refractivity contribution in [1.29, 1.82) is 0 Å². The molecule has 0 amide bonds. The van der Waals surface area contributed by atoms with Crippen molar-refractivity contribution < 1.29 is 5.11 Å². The summed E-state index contributed by atoms with van der Waals surface area (Å²) in [7, 11) is 0. The molecule has 1 aliphatic rings. The lowest BCUT2D eigenvalue weighted by Gasteiger charge is -2.08. The smallest absolute Gasteiger partial charge is 0.0438 e. The van der Waals surface area contributed by atoms with Crippen molar-refractivity contribution in [3.63, 3.8) is 0 Å². The molecule has 0 unspecified atom stereocenters. The van der Waals surface area contributed by atoms with E-state index in [1.807, 2.05) is 11.8 Å². The van der Waals surface area contributed by atoms with Crippen molar-refractivity contribution in [2.75, 3.05) is 24.7 Å². The Hall–Kier alpha value is 0.270. The molecule has 0 radical (unpaired) electrons. The van der Waals surface area contributed by atoms with E-state index >= 15 is 0 Å². The van der Waals surface area contributed by atoms with Gasteiger partial charge in [0.15, 0.2) is 0 Å². The van der Waals surface area contributed by atoms with Crippen LogP contribution in [0.3, 0.4) is 0 Å². The Morgan fingerprint density at radius 2 is 2.45 bits per heavy atom. The third-order valence-electron chi connectivity index (χ3n) is 1.93. The van der Waals surface area contributed by atoms with E-state index in [1.54, 1.807) is 0 Å². The minimum Gasteiger partial charge on any atom is -0.396 e. The van der Waals surface area contributed by atoms with Crippen LogP contribution in [0.2, 0.25) is 0 Å². The van der Waals surface area contributed by atoms with E-state index in [-0.39, 0.29) is 0 Å². The molecule has 0 aromatic rings. The molecular weight excluding hydrogens is 158 g/mol. The third-order valence-corrected chi connectivity index (χ3v) is 3.14. The van der Waals surface area contributed by atoms with Crippen LogP contribution in [0.5, 0.6) is 0 Å². The fraction of sp³-hybridized carbons (Fsp3) is 1.00. The molecule has 66 valence electrons. The molecule has 11 heavy (non-hydrogen) atoms.